The van der Waals surface area contributed by atoms with E-state index in [1.165, 1.54) is 12.3 Å². The summed E-state index contributed by atoms with van der Waals surface area (Å²) >= 11 is 0. The van der Waals surface area contributed by atoms with E-state index in [1.54, 1.807) is 24.3 Å². The van der Waals surface area contributed by atoms with Gasteiger partial charge >= 0.3 is 5.97 Å². The lowest BCUT2D eigenvalue weighted by molar-refractivity contribution is -0.135. The largest absolute Gasteiger partial charge is 0.505 e. The zero-order valence-electron chi connectivity index (χ0n) is 16.6. The van der Waals surface area contributed by atoms with E-state index in [-0.39, 0.29) is 18.2 Å². The third kappa shape index (κ3) is 5.96. The lowest BCUT2D eigenvalue weighted by atomic mass is 10.2. The Kier molecular flexibility index (Phi) is 7.06. The number of carboxylic acid groups (broad SMARTS) is 1. The fourth-order valence-corrected chi connectivity index (χ4v) is 2.99. The van der Waals surface area contributed by atoms with E-state index >= 15 is 0 Å². The highest BCUT2D eigenvalue weighted by Crippen LogP contribution is 2.17. The number of carboxylic acids is 1. The molecule has 0 radical (unpaired) electrons. The topological polar surface area (TPSA) is 129 Å². The molecule has 0 saturated carbocycles. The molecule has 1 saturated heterocycles. The SMILES string of the molecule is O=C(O)CNC(=O)c1ncc(C#CCOc2ccc(C(=O)N3CCCC3)cc2)cc1O. The van der Waals surface area contributed by atoms with E-state index in [1.807, 2.05) is 4.90 Å². The van der Waals surface area contributed by atoms with Crippen LogP contribution < -0.4 is 10.1 Å². The number of aliphatic carboxylic acids is 1. The number of pyridine rings is 1. The molecule has 2 heterocycles. The number of aromatic nitrogens is 1. The number of nitrogens with zero attached hydrogens (tertiary/aromatic N) is 2. The molecular weight excluding hydrogens is 402 g/mol. The van der Waals surface area contributed by atoms with Crippen molar-refractivity contribution in [2.75, 3.05) is 26.2 Å². The van der Waals surface area contributed by atoms with Crippen LogP contribution in [0.4, 0.5) is 0 Å². The third-order valence-corrected chi connectivity index (χ3v) is 4.52. The molecule has 1 aliphatic rings. The maximum Gasteiger partial charge on any atom is 0.322 e. The minimum Gasteiger partial charge on any atom is -0.505 e. The fraction of sp³-hybridized carbons (Fsp3) is 0.273. The number of hydrogen-bond acceptors (Lipinski definition) is 6. The highest BCUT2D eigenvalue weighted by atomic mass is 16.5. The quantitative estimate of drug-likeness (QED) is 0.597. The molecule has 1 aromatic carbocycles. The van der Waals surface area contributed by atoms with E-state index in [4.69, 9.17) is 9.84 Å². The van der Waals surface area contributed by atoms with Crippen molar-refractivity contribution >= 4 is 17.8 Å². The van der Waals surface area contributed by atoms with Crippen molar-refractivity contribution in [3.63, 3.8) is 0 Å². The van der Waals surface area contributed by atoms with Gasteiger partial charge in [-0.1, -0.05) is 11.8 Å². The van der Waals surface area contributed by atoms with E-state index in [9.17, 15) is 19.5 Å². The number of amides is 2. The van der Waals surface area contributed by atoms with Gasteiger partial charge in [-0.05, 0) is 43.2 Å². The van der Waals surface area contributed by atoms with Crippen LogP contribution >= 0.6 is 0 Å². The van der Waals surface area contributed by atoms with Gasteiger partial charge in [-0.2, -0.15) is 0 Å². The average molecular weight is 423 g/mol. The van der Waals surface area contributed by atoms with Crippen LogP contribution in [0.15, 0.2) is 36.5 Å². The second-order valence-corrected chi connectivity index (χ2v) is 6.78. The minimum atomic E-state index is -1.21. The summed E-state index contributed by atoms with van der Waals surface area (Å²) in [6.45, 7) is 1.09. The molecule has 2 amide bonds. The van der Waals surface area contributed by atoms with Crippen molar-refractivity contribution in [1.29, 1.82) is 0 Å². The Balaban J connectivity index is 1.52. The molecule has 160 valence electrons. The predicted octanol–water partition coefficient (Wildman–Crippen LogP) is 1.27. The maximum absolute atomic E-state index is 12.3. The van der Waals surface area contributed by atoms with Crippen LogP contribution in [-0.4, -0.2) is 64.1 Å². The molecule has 0 atom stereocenters. The molecule has 9 heteroatoms. The number of hydrogen-bond donors (Lipinski definition) is 3. The molecule has 0 bridgehead atoms. The number of rotatable bonds is 6. The Morgan fingerprint density at radius 3 is 2.52 bits per heavy atom. The molecule has 0 spiro atoms. The molecular formula is C22H21N3O6. The van der Waals surface area contributed by atoms with Gasteiger partial charge in [0.2, 0.25) is 0 Å². The van der Waals surface area contributed by atoms with Gasteiger partial charge in [-0.15, -0.1) is 0 Å². The van der Waals surface area contributed by atoms with Crippen molar-refractivity contribution in [2.45, 2.75) is 12.8 Å². The van der Waals surface area contributed by atoms with Crippen LogP contribution in [0.3, 0.4) is 0 Å². The molecule has 0 unspecified atom stereocenters. The van der Waals surface area contributed by atoms with Gasteiger partial charge in [0, 0.05) is 30.4 Å². The van der Waals surface area contributed by atoms with Crippen molar-refractivity contribution in [2.24, 2.45) is 0 Å². The minimum absolute atomic E-state index is 0.0243. The van der Waals surface area contributed by atoms with Crippen molar-refractivity contribution < 1.29 is 29.3 Å². The second-order valence-electron chi connectivity index (χ2n) is 6.78. The van der Waals surface area contributed by atoms with Gasteiger partial charge in [0.25, 0.3) is 11.8 Å². The normalized spacial score (nSPS) is 12.6. The first-order chi connectivity index (χ1) is 14.9. The zero-order chi connectivity index (χ0) is 22.2. The number of aromatic hydroxyl groups is 1. The summed E-state index contributed by atoms with van der Waals surface area (Å²) < 4.78 is 5.53. The van der Waals surface area contributed by atoms with Crippen molar-refractivity contribution in [1.82, 2.24) is 15.2 Å². The zero-order valence-corrected chi connectivity index (χ0v) is 16.6. The van der Waals surface area contributed by atoms with Crippen molar-refractivity contribution in [3.05, 3.63) is 53.3 Å². The van der Waals surface area contributed by atoms with Crippen LogP contribution in [-0.2, 0) is 4.79 Å². The summed E-state index contributed by atoms with van der Waals surface area (Å²) in [7, 11) is 0. The number of likely N-dealkylation sites (tertiary alicyclic amines) is 1. The molecule has 3 N–H and O–H groups in total. The van der Waals surface area contributed by atoms with E-state index < -0.39 is 24.2 Å². The van der Waals surface area contributed by atoms with Gasteiger partial charge in [-0.3, -0.25) is 14.4 Å². The Morgan fingerprint density at radius 2 is 1.87 bits per heavy atom. The van der Waals surface area contributed by atoms with E-state index in [2.05, 4.69) is 22.1 Å². The van der Waals surface area contributed by atoms with Gasteiger partial charge in [0.1, 0.15) is 24.7 Å². The molecule has 1 aliphatic heterocycles. The highest BCUT2D eigenvalue weighted by molar-refractivity contribution is 5.96. The maximum atomic E-state index is 12.3. The molecule has 31 heavy (non-hydrogen) atoms. The fourth-order valence-electron chi connectivity index (χ4n) is 2.99. The lowest BCUT2D eigenvalue weighted by Gasteiger charge is -2.15. The summed E-state index contributed by atoms with van der Waals surface area (Å²) in [6, 6.07) is 8.12. The number of ether oxygens (including phenoxy) is 1. The van der Waals surface area contributed by atoms with Crippen LogP contribution in [0.2, 0.25) is 0 Å². The lowest BCUT2D eigenvalue weighted by Crippen LogP contribution is -2.29. The summed E-state index contributed by atoms with van der Waals surface area (Å²) in [5.41, 5.74) is 0.698. The summed E-state index contributed by atoms with van der Waals surface area (Å²) in [6.07, 6.45) is 3.38. The Bertz CT molecular complexity index is 1030. The molecule has 2 aromatic rings. The van der Waals surface area contributed by atoms with Gasteiger partial charge < -0.3 is 25.2 Å². The number of carbonyl (C=O) groups is 3. The molecule has 9 nitrogen and oxygen atoms in total. The molecule has 1 aromatic heterocycles. The number of benzene rings is 1. The van der Waals surface area contributed by atoms with E-state index in [0.29, 0.717) is 16.9 Å². The molecule has 1 fully saturated rings. The molecule has 0 aliphatic carbocycles. The summed E-state index contributed by atoms with van der Waals surface area (Å²) in [5, 5.41) is 20.6. The van der Waals surface area contributed by atoms with E-state index in [0.717, 1.165) is 25.9 Å². The standard InChI is InChI=1S/C22H21N3O6/c26-18-12-15(13-23-20(18)21(29)24-14-19(27)28)4-3-11-31-17-7-5-16(6-8-17)22(30)25-9-1-2-10-25/h5-8,12-13,26H,1-2,9-11,14H2,(H,24,29)(H,27,28). The highest BCUT2D eigenvalue weighted by Gasteiger charge is 2.19. The predicted molar refractivity (Wildman–Crippen MR) is 110 cm³/mol. The molecule has 3 rings (SSSR count). The number of carbonyl (C=O) groups excluding carboxylic acids is 2. The monoisotopic (exact) mass is 423 g/mol. The smallest absolute Gasteiger partial charge is 0.322 e. The first-order valence-electron chi connectivity index (χ1n) is 9.64. The Morgan fingerprint density at radius 1 is 1.16 bits per heavy atom. The third-order valence-electron chi connectivity index (χ3n) is 4.52. The van der Waals surface area contributed by atoms with Gasteiger partial charge in [-0.25, -0.2) is 4.98 Å². The Hall–Kier alpha value is -4.06. The van der Waals surface area contributed by atoms with Crippen molar-refractivity contribution in [3.8, 4) is 23.3 Å². The summed E-state index contributed by atoms with van der Waals surface area (Å²) in [5.74, 6) is 3.71. The van der Waals surface area contributed by atoms with Crippen LogP contribution in [0.25, 0.3) is 0 Å². The van der Waals surface area contributed by atoms with Crippen LogP contribution in [0, 0.1) is 11.8 Å². The summed E-state index contributed by atoms with van der Waals surface area (Å²) in [4.78, 5) is 40.2. The average Bonchev–Trinajstić information content (AvgIpc) is 3.30. The van der Waals surface area contributed by atoms with Gasteiger partial charge in [0.15, 0.2) is 5.69 Å². The van der Waals surface area contributed by atoms with Crippen LogP contribution in [0.5, 0.6) is 11.5 Å². The first kappa shape index (κ1) is 21.6. The van der Waals surface area contributed by atoms with Crippen LogP contribution in [0.1, 0.15) is 39.3 Å². The second kappa shape index (κ2) is 10.1. The number of nitrogens with one attached hydrogen (secondary N) is 1. The first-order valence-corrected chi connectivity index (χ1v) is 9.64. The Labute approximate surface area is 178 Å². The van der Waals surface area contributed by atoms with Gasteiger partial charge in [0.05, 0.1) is 0 Å².